The molecule has 114 valence electrons. The number of carboxylic acid groups (broad SMARTS) is 2. The zero-order chi connectivity index (χ0) is 15.7. The SMILES string of the molecule is NC(CCC(=O)O)C(=O)NC(CO)C(=O)NCC(=O)O. The molecule has 0 aromatic rings. The van der Waals surface area contributed by atoms with Gasteiger partial charge < -0.3 is 31.7 Å². The Hall–Kier alpha value is -2.20. The maximum absolute atomic E-state index is 11.5. The van der Waals surface area contributed by atoms with Crippen LogP contribution in [0.3, 0.4) is 0 Å². The van der Waals surface area contributed by atoms with Crippen LogP contribution in [0.4, 0.5) is 0 Å². The monoisotopic (exact) mass is 291 g/mol. The van der Waals surface area contributed by atoms with E-state index in [9.17, 15) is 19.2 Å². The van der Waals surface area contributed by atoms with Crippen molar-refractivity contribution in [3.63, 3.8) is 0 Å². The molecule has 0 aromatic heterocycles. The molecule has 0 heterocycles. The topological polar surface area (TPSA) is 179 Å². The Morgan fingerprint density at radius 1 is 1.05 bits per heavy atom. The molecule has 0 fully saturated rings. The molecular weight excluding hydrogens is 274 g/mol. The second-order valence-electron chi connectivity index (χ2n) is 3.89. The summed E-state index contributed by atoms with van der Waals surface area (Å²) in [5, 5.41) is 29.8. The minimum atomic E-state index is -1.35. The van der Waals surface area contributed by atoms with Crippen molar-refractivity contribution in [3.05, 3.63) is 0 Å². The standard InChI is InChI=1S/C10H17N3O7/c11-5(1-2-7(15)16)9(19)13-6(4-14)10(20)12-3-8(17)18/h5-6,14H,1-4,11H2,(H,12,20)(H,13,19)(H,15,16)(H,17,18). The van der Waals surface area contributed by atoms with Gasteiger partial charge in [-0.05, 0) is 6.42 Å². The molecule has 0 spiro atoms. The number of nitrogens with one attached hydrogen (secondary N) is 2. The van der Waals surface area contributed by atoms with E-state index in [0.29, 0.717) is 0 Å². The minimum absolute atomic E-state index is 0.129. The third-order valence-corrected chi connectivity index (χ3v) is 2.24. The Morgan fingerprint density at radius 2 is 1.65 bits per heavy atom. The predicted molar refractivity (Wildman–Crippen MR) is 64.5 cm³/mol. The Morgan fingerprint density at radius 3 is 2.10 bits per heavy atom. The van der Waals surface area contributed by atoms with Crippen molar-refractivity contribution in [1.29, 1.82) is 0 Å². The highest BCUT2D eigenvalue weighted by Crippen LogP contribution is 1.96. The molecule has 0 aliphatic heterocycles. The van der Waals surface area contributed by atoms with Crippen LogP contribution in [0.5, 0.6) is 0 Å². The molecule has 10 heteroatoms. The maximum Gasteiger partial charge on any atom is 0.322 e. The van der Waals surface area contributed by atoms with E-state index in [1.807, 2.05) is 5.32 Å². The van der Waals surface area contributed by atoms with Crippen molar-refractivity contribution in [2.24, 2.45) is 5.73 Å². The van der Waals surface area contributed by atoms with Gasteiger partial charge >= 0.3 is 11.9 Å². The fourth-order valence-corrected chi connectivity index (χ4v) is 1.17. The third-order valence-electron chi connectivity index (χ3n) is 2.24. The summed E-state index contributed by atoms with van der Waals surface area (Å²) in [5.41, 5.74) is 5.41. The largest absolute Gasteiger partial charge is 0.481 e. The molecule has 20 heavy (non-hydrogen) atoms. The van der Waals surface area contributed by atoms with Crippen molar-refractivity contribution in [2.75, 3.05) is 13.2 Å². The zero-order valence-electron chi connectivity index (χ0n) is 10.5. The molecule has 0 saturated carbocycles. The summed E-state index contributed by atoms with van der Waals surface area (Å²) >= 11 is 0. The summed E-state index contributed by atoms with van der Waals surface area (Å²) in [6.45, 7) is -1.40. The first-order chi connectivity index (χ1) is 9.27. The van der Waals surface area contributed by atoms with Gasteiger partial charge in [0.1, 0.15) is 12.6 Å². The number of carbonyl (C=O) groups excluding carboxylic acids is 2. The van der Waals surface area contributed by atoms with Gasteiger partial charge in [0.2, 0.25) is 11.8 Å². The van der Waals surface area contributed by atoms with E-state index in [4.69, 9.17) is 21.1 Å². The van der Waals surface area contributed by atoms with Crippen molar-refractivity contribution in [3.8, 4) is 0 Å². The van der Waals surface area contributed by atoms with E-state index in [1.165, 1.54) is 0 Å². The van der Waals surface area contributed by atoms with E-state index in [1.54, 1.807) is 0 Å². The van der Waals surface area contributed by atoms with E-state index >= 15 is 0 Å². The average Bonchev–Trinajstić information content (AvgIpc) is 2.38. The number of nitrogens with two attached hydrogens (primary N) is 1. The van der Waals surface area contributed by atoms with Crippen LogP contribution in [-0.2, 0) is 19.2 Å². The number of aliphatic carboxylic acids is 2. The van der Waals surface area contributed by atoms with Crippen LogP contribution in [-0.4, -0.2) is 64.3 Å². The zero-order valence-corrected chi connectivity index (χ0v) is 10.5. The van der Waals surface area contributed by atoms with Crippen LogP contribution in [0.1, 0.15) is 12.8 Å². The van der Waals surface area contributed by atoms with Gasteiger partial charge in [0.25, 0.3) is 0 Å². The fraction of sp³-hybridized carbons (Fsp3) is 0.600. The molecule has 0 aliphatic rings. The maximum atomic E-state index is 11.5. The first-order valence-corrected chi connectivity index (χ1v) is 5.66. The number of aliphatic hydroxyl groups excluding tert-OH is 1. The number of amides is 2. The number of rotatable bonds is 9. The molecule has 0 bridgehead atoms. The molecule has 2 amide bonds. The van der Waals surface area contributed by atoms with Gasteiger partial charge in [0.15, 0.2) is 0 Å². The van der Waals surface area contributed by atoms with Crippen molar-refractivity contribution < 1.29 is 34.5 Å². The Labute approximate surface area is 113 Å². The van der Waals surface area contributed by atoms with Gasteiger partial charge in [-0.3, -0.25) is 19.2 Å². The van der Waals surface area contributed by atoms with Crippen LogP contribution < -0.4 is 16.4 Å². The van der Waals surface area contributed by atoms with Gasteiger partial charge in [-0.1, -0.05) is 0 Å². The van der Waals surface area contributed by atoms with Crippen LogP contribution in [0.2, 0.25) is 0 Å². The molecule has 10 nitrogen and oxygen atoms in total. The van der Waals surface area contributed by atoms with Gasteiger partial charge in [-0.15, -0.1) is 0 Å². The van der Waals surface area contributed by atoms with Crippen LogP contribution in [0.15, 0.2) is 0 Å². The van der Waals surface area contributed by atoms with Crippen molar-refractivity contribution >= 4 is 23.8 Å². The normalized spacial score (nSPS) is 13.1. The number of aliphatic hydroxyl groups is 1. The number of carboxylic acids is 2. The van der Waals surface area contributed by atoms with Gasteiger partial charge in [-0.25, -0.2) is 0 Å². The van der Waals surface area contributed by atoms with Crippen molar-refractivity contribution in [1.82, 2.24) is 10.6 Å². The predicted octanol–water partition coefficient (Wildman–Crippen LogP) is -3.14. The summed E-state index contributed by atoms with van der Waals surface area (Å²) < 4.78 is 0. The Balaban J connectivity index is 4.33. The van der Waals surface area contributed by atoms with Crippen LogP contribution >= 0.6 is 0 Å². The van der Waals surface area contributed by atoms with E-state index in [0.717, 1.165) is 0 Å². The molecule has 0 aromatic carbocycles. The summed E-state index contributed by atoms with van der Waals surface area (Å²) in [7, 11) is 0. The van der Waals surface area contributed by atoms with Gasteiger partial charge in [0.05, 0.1) is 12.6 Å². The second kappa shape index (κ2) is 8.82. The molecule has 7 N–H and O–H groups in total. The molecule has 2 atom stereocenters. The van der Waals surface area contributed by atoms with Gasteiger partial charge in [0, 0.05) is 6.42 Å². The highest BCUT2D eigenvalue weighted by atomic mass is 16.4. The van der Waals surface area contributed by atoms with E-state index < -0.39 is 49.0 Å². The lowest BCUT2D eigenvalue weighted by Crippen LogP contribution is -2.53. The summed E-state index contributed by atoms with van der Waals surface area (Å²) in [4.78, 5) is 43.5. The highest BCUT2D eigenvalue weighted by Gasteiger charge is 2.23. The molecular formula is C10H17N3O7. The summed E-state index contributed by atoms with van der Waals surface area (Å²) in [6.07, 6.45) is -0.445. The van der Waals surface area contributed by atoms with Crippen molar-refractivity contribution in [2.45, 2.75) is 24.9 Å². The van der Waals surface area contributed by atoms with Gasteiger partial charge in [-0.2, -0.15) is 0 Å². The number of hydrogen-bond acceptors (Lipinski definition) is 6. The lowest BCUT2D eigenvalue weighted by molar-refractivity contribution is -0.138. The summed E-state index contributed by atoms with van der Waals surface area (Å²) in [6, 6.07) is -2.50. The summed E-state index contributed by atoms with van der Waals surface area (Å²) in [5.74, 6) is -4.09. The number of hydrogen-bond donors (Lipinski definition) is 6. The molecule has 0 saturated heterocycles. The Kier molecular flexibility index (Phi) is 7.85. The van der Waals surface area contributed by atoms with E-state index in [-0.39, 0.29) is 12.8 Å². The molecule has 2 unspecified atom stereocenters. The Bertz CT molecular complexity index is 385. The molecule has 0 rings (SSSR count). The molecule has 0 aliphatic carbocycles. The first-order valence-electron chi connectivity index (χ1n) is 5.66. The first kappa shape index (κ1) is 17.8. The second-order valence-corrected chi connectivity index (χ2v) is 3.89. The average molecular weight is 291 g/mol. The van der Waals surface area contributed by atoms with E-state index in [2.05, 4.69) is 5.32 Å². The minimum Gasteiger partial charge on any atom is -0.481 e. The molecule has 0 radical (unpaired) electrons. The smallest absolute Gasteiger partial charge is 0.322 e. The number of carbonyl (C=O) groups is 4. The fourth-order valence-electron chi connectivity index (χ4n) is 1.17. The quantitative estimate of drug-likeness (QED) is 0.258. The highest BCUT2D eigenvalue weighted by molar-refractivity contribution is 5.91. The lowest BCUT2D eigenvalue weighted by Gasteiger charge is -2.18. The van der Waals surface area contributed by atoms with Crippen LogP contribution in [0.25, 0.3) is 0 Å². The van der Waals surface area contributed by atoms with Crippen LogP contribution in [0, 0.1) is 0 Å². The third kappa shape index (κ3) is 7.28. The lowest BCUT2D eigenvalue weighted by atomic mass is 10.1.